The van der Waals surface area contributed by atoms with Crippen molar-refractivity contribution in [3.05, 3.63) is 64.7 Å². The van der Waals surface area contributed by atoms with Gasteiger partial charge in [-0.3, -0.25) is 9.59 Å². The molecule has 2 aromatic carbocycles. The van der Waals surface area contributed by atoms with Crippen molar-refractivity contribution in [2.24, 2.45) is 5.73 Å². The number of halogens is 1. The topological polar surface area (TPSA) is 88.3 Å². The molecular weight excluding hydrogens is 376 g/mol. The highest BCUT2D eigenvalue weighted by Gasteiger charge is 2.19. The maximum atomic E-state index is 12.8. The summed E-state index contributed by atoms with van der Waals surface area (Å²) in [5, 5.41) is 4.54. The van der Waals surface area contributed by atoms with Gasteiger partial charge in [0.1, 0.15) is 0 Å². The predicted molar refractivity (Wildman–Crippen MR) is 109 cm³/mol. The number of nitrogens with one attached hydrogen (secondary N) is 1. The zero-order chi connectivity index (χ0) is 19.7. The third kappa shape index (κ3) is 3.56. The number of nitrogens with zero attached hydrogens (tertiary/aromatic N) is 2. The average molecular weight is 395 g/mol. The molecule has 0 saturated carbocycles. The van der Waals surface area contributed by atoms with Gasteiger partial charge in [0.15, 0.2) is 0 Å². The number of pyridine rings is 1. The van der Waals surface area contributed by atoms with Crippen LogP contribution in [0.3, 0.4) is 0 Å². The van der Waals surface area contributed by atoms with Crippen molar-refractivity contribution in [1.29, 1.82) is 0 Å². The number of amides is 2. The molecule has 2 heterocycles. The van der Waals surface area contributed by atoms with E-state index in [1.165, 1.54) is 0 Å². The van der Waals surface area contributed by atoms with E-state index in [0.717, 1.165) is 24.0 Å². The van der Waals surface area contributed by atoms with E-state index in [4.69, 9.17) is 17.3 Å². The first-order valence-corrected chi connectivity index (χ1v) is 9.41. The van der Waals surface area contributed by atoms with E-state index in [1.54, 1.807) is 36.4 Å². The SMILES string of the molecule is NC(=O)c1cccc(-c2cc(Cl)c3ccc(C(=O)N4CCNCC4)cc3n2)c1. The molecule has 1 saturated heterocycles. The third-order valence-electron chi connectivity index (χ3n) is 4.85. The molecule has 0 bridgehead atoms. The lowest BCUT2D eigenvalue weighted by molar-refractivity contribution is 0.0735. The van der Waals surface area contributed by atoms with E-state index in [-0.39, 0.29) is 5.91 Å². The minimum atomic E-state index is -0.502. The summed E-state index contributed by atoms with van der Waals surface area (Å²) in [6, 6.07) is 14.1. The van der Waals surface area contributed by atoms with Gasteiger partial charge in [-0.25, -0.2) is 4.98 Å². The lowest BCUT2D eigenvalue weighted by atomic mass is 10.0. The van der Waals surface area contributed by atoms with E-state index < -0.39 is 5.91 Å². The molecule has 3 aromatic rings. The highest BCUT2D eigenvalue weighted by molar-refractivity contribution is 6.35. The largest absolute Gasteiger partial charge is 0.366 e. The van der Waals surface area contributed by atoms with Crippen LogP contribution in [0.2, 0.25) is 5.02 Å². The Labute approximate surface area is 167 Å². The molecule has 1 aromatic heterocycles. The van der Waals surface area contributed by atoms with Gasteiger partial charge < -0.3 is 16.0 Å². The van der Waals surface area contributed by atoms with Crippen LogP contribution in [-0.4, -0.2) is 47.9 Å². The molecular formula is C21H19ClN4O2. The Bertz CT molecular complexity index is 1080. The average Bonchev–Trinajstić information content (AvgIpc) is 2.73. The summed E-state index contributed by atoms with van der Waals surface area (Å²) in [6.45, 7) is 2.96. The van der Waals surface area contributed by atoms with Gasteiger partial charge in [0.05, 0.1) is 16.2 Å². The summed E-state index contributed by atoms with van der Waals surface area (Å²) in [4.78, 5) is 30.8. The Kier molecular flexibility index (Phi) is 4.98. The highest BCUT2D eigenvalue weighted by Crippen LogP contribution is 2.29. The molecule has 142 valence electrons. The van der Waals surface area contributed by atoms with E-state index in [2.05, 4.69) is 10.3 Å². The maximum Gasteiger partial charge on any atom is 0.254 e. The number of primary amides is 1. The number of fused-ring (bicyclic) bond motifs is 1. The van der Waals surface area contributed by atoms with Crippen molar-refractivity contribution in [1.82, 2.24) is 15.2 Å². The smallest absolute Gasteiger partial charge is 0.254 e. The van der Waals surface area contributed by atoms with Gasteiger partial charge in [0.25, 0.3) is 5.91 Å². The Morgan fingerprint density at radius 1 is 1.04 bits per heavy atom. The van der Waals surface area contributed by atoms with Crippen molar-refractivity contribution < 1.29 is 9.59 Å². The zero-order valence-electron chi connectivity index (χ0n) is 15.1. The summed E-state index contributed by atoms with van der Waals surface area (Å²) in [5.41, 5.74) is 8.34. The van der Waals surface area contributed by atoms with Crippen LogP contribution in [0.4, 0.5) is 0 Å². The molecule has 0 atom stereocenters. The van der Waals surface area contributed by atoms with Crippen LogP contribution < -0.4 is 11.1 Å². The van der Waals surface area contributed by atoms with Crippen molar-refractivity contribution in [3.63, 3.8) is 0 Å². The lowest BCUT2D eigenvalue weighted by Crippen LogP contribution is -2.46. The van der Waals surface area contributed by atoms with E-state index in [1.807, 2.05) is 17.0 Å². The molecule has 1 aliphatic heterocycles. The van der Waals surface area contributed by atoms with Gasteiger partial charge in [0, 0.05) is 48.3 Å². The second-order valence-corrected chi connectivity index (χ2v) is 7.12. The summed E-state index contributed by atoms with van der Waals surface area (Å²) in [7, 11) is 0. The summed E-state index contributed by atoms with van der Waals surface area (Å²) in [6.07, 6.45) is 0. The summed E-state index contributed by atoms with van der Waals surface area (Å²) < 4.78 is 0. The molecule has 0 spiro atoms. The standard InChI is InChI=1S/C21H19ClN4O2/c22-17-12-18(13-2-1-3-14(10-13)20(23)27)25-19-11-15(4-5-16(17)19)21(28)26-8-6-24-7-9-26/h1-5,10-12,24H,6-9H2,(H2,23,27). The summed E-state index contributed by atoms with van der Waals surface area (Å²) in [5.74, 6) is -0.514. The number of rotatable bonds is 3. The monoisotopic (exact) mass is 394 g/mol. The van der Waals surface area contributed by atoms with Crippen LogP contribution in [-0.2, 0) is 0 Å². The molecule has 0 aliphatic carbocycles. The van der Waals surface area contributed by atoms with Crippen LogP contribution >= 0.6 is 11.6 Å². The van der Waals surface area contributed by atoms with Gasteiger partial charge in [-0.05, 0) is 30.3 Å². The van der Waals surface area contributed by atoms with Gasteiger partial charge in [0.2, 0.25) is 5.91 Å². The fraction of sp³-hybridized carbons (Fsp3) is 0.190. The molecule has 2 amide bonds. The number of piperazine rings is 1. The van der Waals surface area contributed by atoms with Crippen LogP contribution in [0.5, 0.6) is 0 Å². The molecule has 1 aliphatic rings. The quantitative estimate of drug-likeness (QED) is 0.714. The number of carbonyl (C=O) groups excluding carboxylic acids is 2. The van der Waals surface area contributed by atoms with Gasteiger partial charge in [-0.2, -0.15) is 0 Å². The van der Waals surface area contributed by atoms with Gasteiger partial charge in [-0.1, -0.05) is 29.8 Å². The molecule has 0 unspecified atom stereocenters. The van der Waals surface area contributed by atoms with Crippen LogP contribution in [0.25, 0.3) is 22.2 Å². The molecule has 7 heteroatoms. The third-order valence-corrected chi connectivity index (χ3v) is 5.17. The number of carbonyl (C=O) groups is 2. The lowest BCUT2D eigenvalue weighted by Gasteiger charge is -2.27. The first kappa shape index (κ1) is 18.4. The van der Waals surface area contributed by atoms with Crippen LogP contribution in [0.15, 0.2) is 48.5 Å². The van der Waals surface area contributed by atoms with Crippen molar-refractivity contribution in [2.75, 3.05) is 26.2 Å². The second kappa shape index (κ2) is 7.58. The minimum absolute atomic E-state index is 0.0116. The van der Waals surface area contributed by atoms with Crippen LogP contribution in [0, 0.1) is 0 Å². The highest BCUT2D eigenvalue weighted by atomic mass is 35.5. The Balaban J connectivity index is 1.75. The Morgan fingerprint density at radius 3 is 2.57 bits per heavy atom. The molecule has 6 nitrogen and oxygen atoms in total. The van der Waals surface area contributed by atoms with Crippen molar-refractivity contribution in [2.45, 2.75) is 0 Å². The molecule has 0 radical (unpaired) electrons. The predicted octanol–water partition coefficient (Wildman–Crippen LogP) is 2.70. The normalized spacial score (nSPS) is 14.2. The first-order valence-electron chi connectivity index (χ1n) is 9.03. The van der Waals surface area contributed by atoms with Gasteiger partial charge in [-0.15, -0.1) is 0 Å². The Hall–Kier alpha value is -2.96. The summed E-state index contributed by atoms with van der Waals surface area (Å²) >= 11 is 6.46. The van der Waals surface area contributed by atoms with Crippen LogP contribution in [0.1, 0.15) is 20.7 Å². The number of aromatic nitrogens is 1. The zero-order valence-corrected chi connectivity index (χ0v) is 15.9. The maximum absolute atomic E-state index is 12.8. The minimum Gasteiger partial charge on any atom is -0.366 e. The molecule has 1 fully saturated rings. The fourth-order valence-electron chi connectivity index (χ4n) is 3.35. The Morgan fingerprint density at radius 2 is 1.82 bits per heavy atom. The van der Waals surface area contributed by atoms with E-state index >= 15 is 0 Å². The van der Waals surface area contributed by atoms with E-state index in [9.17, 15) is 9.59 Å². The number of hydrogen-bond donors (Lipinski definition) is 2. The number of nitrogens with two attached hydrogens (primary N) is 1. The van der Waals surface area contributed by atoms with E-state index in [0.29, 0.717) is 40.4 Å². The molecule has 28 heavy (non-hydrogen) atoms. The number of benzene rings is 2. The molecule has 3 N–H and O–H groups in total. The molecule has 4 rings (SSSR count). The van der Waals surface area contributed by atoms with Crippen molar-refractivity contribution >= 4 is 34.3 Å². The second-order valence-electron chi connectivity index (χ2n) is 6.71. The first-order chi connectivity index (χ1) is 13.5. The fourth-order valence-corrected chi connectivity index (χ4v) is 3.61. The van der Waals surface area contributed by atoms with Crippen molar-refractivity contribution in [3.8, 4) is 11.3 Å². The number of hydrogen-bond acceptors (Lipinski definition) is 4. The van der Waals surface area contributed by atoms with Gasteiger partial charge >= 0.3 is 0 Å².